The third-order valence-electron chi connectivity index (χ3n) is 3.40. The van der Waals surface area contributed by atoms with Crippen molar-refractivity contribution in [2.75, 3.05) is 18.1 Å². The molecule has 4 heteroatoms. The Labute approximate surface area is 115 Å². The van der Waals surface area contributed by atoms with Crippen LogP contribution in [0.1, 0.15) is 41.5 Å². The van der Waals surface area contributed by atoms with Gasteiger partial charge in [-0.1, -0.05) is 0 Å². The van der Waals surface area contributed by atoms with Crippen LogP contribution in [0, 0.1) is 0 Å². The molecule has 0 saturated heterocycles. The summed E-state index contributed by atoms with van der Waals surface area (Å²) in [5.74, 6) is 0.701. The molecule has 106 valence electrons. The lowest BCUT2D eigenvalue weighted by molar-refractivity contribution is 0.283. The van der Waals surface area contributed by atoms with Crippen LogP contribution in [0.4, 0.5) is 5.69 Å². The van der Waals surface area contributed by atoms with Crippen molar-refractivity contribution in [3.05, 3.63) is 22.6 Å². The Morgan fingerprint density at radius 3 is 2.26 bits per heavy atom. The average molecular weight is 264 g/mol. The molecular formula is C15H24N2O2. The highest BCUT2D eigenvalue weighted by molar-refractivity contribution is 5.60. The van der Waals surface area contributed by atoms with Crippen molar-refractivity contribution >= 4 is 5.69 Å². The molecule has 0 aliphatic carbocycles. The number of rotatable bonds is 0. The third kappa shape index (κ3) is 2.48. The molecule has 19 heavy (non-hydrogen) atoms. The van der Waals surface area contributed by atoms with Gasteiger partial charge >= 0.3 is 0 Å². The number of pyridine rings is 1. The molecule has 0 fully saturated rings. The first kappa shape index (κ1) is 14.0. The Hall–Kier alpha value is -1.45. The van der Waals surface area contributed by atoms with E-state index in [1.165, 1.54) is 0 Å². The van der Waals surface area contributed by atoms with Crippen LogP contribution in [0.15, 0.2) is 17.1 Å². The Morgan fingerprint density at radius 1 is 1.11 bits per heavy atom. The number of hydrogen-bond donors (Lipinski definition) is 0. The quantitative estimate of drug-likeness (QED) is 0.722. The minimum absolute atomic E-state index is 0.0274. The van der Waals surface area contributed by atoms with Gasteiger partial charge in [0.25, 0.3) is 5.56 Å². The molecule has 1 aliphatic rings. The lowest BCUT2D eigenvalue weighted by atomic mass is 10.0. The number of nitrogens with zero attached hydrogens (tertiary/aromatic N) is 2. The highest BCUT2D eigenvalue weighted by atomic mass is 16.5. The Balaban J connectivity index is 2.65. The Morgan fingerprint density at radius 2 is 1.74 bits per heavy atom. The van der Waals surface area contributed by atoms with E-state index in [1.54, 1.807) is 4.57 Å². The lowest BCUT2D eigenvalue weighted by Crippen LogP contribution is -2.50. The smallest absolute Gasteiger partial charge is 0.278 e. The number of ether oxygens (including phenoxy) is 1. The van der Waals surface area contributed by atoms with E-state index in [-0.39, 0.29) is 16.6 Å². The fraction of sp³-hybridized carbons (Fsp3) is 0.667. The second kappa shape index (κ2) is 4.29. The Bertz CT molecular complexity index is 533. The minimum Gasteiger partial charge on any atom is -0.489 e. The van der Waals surface area contributed by atoms with Crippen molar-refractivity contribution in [3.8, 4) is 5.75 Å². The summed E-state index contributed by atoms with van der Waals surface area (Å²) in [6.45, 7) is 13.8. The van der Waals surface area contributed by atoms with Crippen molar-refractivity contribution in [1.29, 1.82) is 0 Å². The highest BCUT2D eigenvalue weighted by Gasteiger charge is 2.31. The van der Waals surface area contributed by atoms with Gasteiger partial charge in [-0.25, -0.2) is 0 Å². The largest absolute Gasteiger partial charge is 0.489 e. The van der Waals surface area contributed by atoms with E-state index in [1.807, 2.05) is 33.0 Å². The summed E-state index contributed by atoms with van der Waals surface area (Å²) in [7, 11) is 0. The summed E-state index contributed by atoms with van der Waals surface area (Å²) >= 11 is 0. The molecule has 2 heterocycles. The normalized spacial score (nSPS) is 16.0. The monoisotopic (exact) mass is 264 g/mol. The van der Waals surface area contributed by atoms with E-state index in [2.05, 4.69) is 25.7 Å². The van der Waals surface area contributed by atoms with Gasteiger partial charge < -0.3 is 14.2 Å². The molecule has 0 bridgehead atoms. The van der Waals surface area contributed by atoms with E-state index in [0.29, 0.717) is 18.0 Å². The van der Waals surface area contributed by atoms with E-state index in [4.69, 9.17) is 4.74 Å². The van der Waals surface area contributed by atoms with Crippen LogP contribution in [0.2, 0.25) is 0 Å². The molecule has 4 nitrogen and oxygen atoms in total. The van der Waals surface area contributed by atoms with E-state index in [9.17, 15) is 4.79 Å². The molecule has 0 spiro atoms. The van der Waals surface area contributed by atoms with Gasteiger partial charge in [0.2, 0.25) is 0 Å². The highest BCUT2D eigenvalue weighted by Crippen LogP contribution is 2.33. The molecule has 0 N–H and O–H groups in total. The SMILES string of the molecule is CC(C)(C)N1CCOc2ccn(C(C)(C)C)c(=O)c21. The fourth-order valence-electron chi connectivity index (χ4n) is 2.43. The van der Waals surface area contributed by atoms with Crippen molar-refractivity contribution in [2.45, 2.75) is 52.6 Å². The second-order valence-corrected chi connectivity index (χ2v) is 7.05. The topological polar surface area (TPSA) is 34.5 Å². The maximum atomic E-state index is 12.8. The standard InChI is InChI=1S/C15H24N2O2/c1-14(2,3)16-9-10-19-11-7-8-17(15(4,5)6)13(18)12(11)16/h7-8H,9-10H2,1-6H3. The second-order valence-electron chi connectivity index (χ2n) is 7.05. The molecular weight excluding hydrogens is 240 g/mol. The van der Waals surface area contributed by atoms with Crippen LogP contribution in [0.25, 0.3) is 0 Å². The molecule has 0 atom stereocenters. The summed E-state index contributed by atoms with van der Waals surface area (Å²) in [4.78, 5) is 14.9. The van der Waals surface area contributed by atoms with Gasteiger partial charge in [-0.3, -0.25) is 4.79 Å². The van der Waals surface area contributed by atoms with Gasteiger partial charge in [0.15, 0.2) is 0 Å². The van der Waals surface area contributed by atoms with Crippen LogP contribution in [-0.4, -0.2) is 23.3 Å². The average Bonchev–Trinajstić information content (AvgIpc) is 2.25. The predicted molar refractivity (Wildman–Crippen MR) is 78.3 cm³/mol. The maximum Gasteiger partial charge on any atom is 0.278 e. The molecule has 1 aromatic rings. The summed E-state index contributed by atoms with van der Waals surface area (Å²) in [6.07, 6.45) is 1.83. The third-order valence-corrected chi connectivity index (χ3v) is 3.40. The number of anilines is 1. The van der Waals surface area contributed by atoms with Gasteiger partial charge in [-0.05, 0) is 47.6 Å². The molecule has 0 saturated carbocycles. The summed E-state index contributed by atoms with van der Waals surface area (Å²) in [5, 5.41) is 0. The van der Waals surface area contributed by atoms with Crippen LogP contribution in [0.5, 0.6) is 5.75 Å². The van der Waals surface area contributed by atoms with Gasteiger partial charge in [-0.2, -0.15) is 0 Å². The van der Waals surface area contributed by atoms with Crippen molar-refractivity contribution in [3.63, 3.8) is 0 Å². The number of hydrogen-bond acceptors (Lipinski definition) is 3. The lowest BCUT2D eigenvalue weighted by Gasteiger charge is -2.41. The zero-order valence-electron chi connectivity index (χ0n) is 12.8. The molecule has 1 aliphatic heterocycles. The van der Waals surface area contributed by atoms with Crippen LogP contribution < -0.4 is 15.2 Å². The molecule has 0 aromatic carbocycles. The van der Waals surface area contributed by atoms with Crippen molar-refractivity contribution in [2.24, 2.45) is 0 Å². The summed E-state index contributed by atoms with van der Waals surface area (Å²) in [6, 6.07) is 1.90. The van der Waals surface area contributed by atoms with E-state index < -0.39 is 0 Å². The van der Waals surface area contributed by atoms with Crippen LogP contribution in [0.3, 0.4) is 0 Å². The zero-order chi connectivity index (χ0) is 14.4. The summed E-state index contributed by atoms with van der Waals surface area (Å²) < 4.78 is 7.42. The molecule has 0 radical (unpaired) electrons. The number of aromatic nitrogens is 1. The zero-order valence-corrected chi connectivity index (χ0v) is 12.8. The maximum absolute atomic E-state index is 12.8. The first-order valence-electron chi connectivity index (χ1n) is 6.79. The molecule has 1 aromatic heterocycles. The van der Waals surface area contributed by atoms with Gasteiger partial charge in [0, 0.05) is 17.3 Å². The fourth-order valence-corrected chi connectivity index (χ4v) is 2.43. The van der Waals surface area contributed by atoms with E-state index in [0.717, 1.165) is 6.54 Å². The van der Waals surface area contributed by atoms with E-state index >= 15 is 0 Å². The molecule has 0 unspecified atom stereocenters. The van der Waals surface area contributed by atoms with Gasteiger partial charge in [-0.15, -0.1) is 0 Å². The van der Waals surface area contributed by atoms with Crippen LogP contribution in [-0.2, 0) is 5.54 Å². The minimum atomic E-state index is -0.229. The Kier molecular flexibility index (Phi) is 3.15. The van der Waals surface area contributed by atoms with Crippen LogP contribution >= 0.6 is 0 Å². The molecule has 0 amide bonds. The number of fused-ring (bicyclic) bond motifs is 1. The first-order chi connectivity index (χ1) is 8.62. The van der Waals surface area contributed by atoms with Gasteiger partial charge in [0.05, 0.1) is 6.54 Å². The molecule has 2 rings (SSSR count). The summed E-state index contributed by atoms with van der Waals surface area (Å²) in [5.41, 5.74) is 0.401. The predicted octanol–water partition coefficient (Wildman–Crippen LogP) is 2.60. The van der Waals surface area contributed by atoms with Gasteiger partial charge in [0.1, 0.15) is 18.0 Å². The first-order valence-corrected chi connectivity index (χ1v) is 6.79. The van der Waals surface area contributed by atoms with Crippen molar-refractivity contribution < 1.29 is 4.74 Å². The van der Waals surface area contributed by atoms with Crippen molar-refractivity contribution in [1.82, 2.24) is 4.57 Å².